The predicted molar refractivity (Wildman–Crippen MR) is 252 cm³/mol. The van der Waals surface area contributed by atoms with E-state index in [9.17, 15) is 33.6 Å². The molecule has 1 aromatic rings. The second-order valence-electron chi connectivity index (χ2n) is 15.8. The number of hydrogen-bond donors (Lipinski definition) is 7. The minimum atomic E-state index is -1.01. The second-order valence-corrected chi connectivity index (χ2v) is 15.8. The highest BCUT2D eigenvalue weighted by Crippen LogP contribution is 2.15. The molecule has 21 heteroatoms. The van der Waals surface area contributed by atoms with E-state index in [-0.39, 0.29) is 57.6 Å². The first-order valence-corrected chi connectivity index (χ1v) is 23.2. The zero-order valence-corrected chi connectivity index (χ0v) is 40.8. The number of primary amides is 1. The number of amides is 2. The van der Waals surface area contributed by atoms with E-state index < -0.39 is 30.0 Å². The zero-order chi connectivity index (χ0) is 51.0. The third-order valence-corrected chi connectivity index (χ3v) is 10.5. The van der Waals surface area contributed by atoms with Crippen LogP contribution in [0.4, 0.5) is 4.79 Å². The van der Waals surface area contributed by atoms with Gasteiger partial charge in [-0.25, -0.2) is 4.79 Å². The number of Topliss-reactive ketones (excluding diaryl/α,β-unsaturated/α-hetero) is 1. The highest BCUT2D eigenvalue weighted by atomic mass is 16.7. The van der Waals surface area contributed by atoms with Crippen molar-refractivity contribution in [3.63, 3.8) is 0 Å². The molecule has 386 valence electrons. The normalized spacial score (nSPS) is 14.1. The number of benzene rings is 1. The van der Waals surface area contributed by atoms with Gasteiger partial charge >= 0.3 is 24.1 Å². The Labute approximate surface area is 396 Å². The van der Waals surface area contributed by atoms with Crippen molar-refractivity contribution in [2.75, 3.05) is 118 Å². The summed E-state index contributed by atoms with van der Waals surface area (Å²) in [4.78, 5) is 84.9. The van der Waals surface area contributed by atoms with Crippen LogP contribution in [0.15, 0.2) is 24.3 Å². The van der Waals surface area contributed by atoms with Crippen LogP contribution in [0.2, 0.25) is 0 Å². The highest BCUT2D eigenvalue weighted by Gasteiger charge is 2.21. The summed E-state index contributed by atoms with van der Waals surface area (Å²) in [7, 11) is 0. The molecule has 0 saturated carbocycles. The first kappa shape index (κ1) is 64.3. The number of carboxylic acid groups (broad SMARTS) is 3. The summed E-state index contributed by atoms with van der Waals surface area (Å²) < 4.78 is 14.7. The fourth-order valence-electron chi connectivity index (χ4n) is 6.39. The number of carboxylic acids is 3. The molecular weight excluding hydrogens is 877 g/mol. The molecule has 0 radical (unpaired) electrons. The quantitative estimate of drug-likeness (QED) is 0.0421. The molecular formula is C46H82N6O15. The summed E-state index contributed by atoms with van der Waals surface area (Å²) in [6.45, 7) is 15.8. The van der Waals surface area contributed by atoms with Crippen molar-refractivity contribution in [1.29, 1.82) is 0 Å². The SMILES string of the molecule is CCC(CC)CCC(C)=O.CCC(CC)CCO.CCOCCOC(=O)Oc1ccc(C(=O)NCCO)cc1.NC(=O)CN1CCN(CC(=O)O)CCN(CC(=O)O)CCN(CC(=O)O)CC1. The van der Waals surface area contributed by atoms with Crippen molar-refractivity contribution in [2.24, 2.45) is 17.6 Å². The highest BCUT2D eigenvalue weighted by molar-refractivity contribution is 5.94. The average molecular weight is 959 g/mol. The Kier molecular flexibility index (Phi) is 39.8. The number of nitrogens with one attached hydrogen (secondary N) is 1. The number of carbonyl (C=O) groups excluding carboxylic acids is 4. The maximum atomic E-state index is 11.6. The number of aliphatic carboxylic acids is 3. The van der Waals surface area contributed by atoms with Gasteiger partial charge in [0.15, 0.2) is 0 Å². The monoisotopic (exact) mass is 959 g/mol. The van der Waals surface area contributed by atoms with Gasteiger partial charge in [-0.15, -0.1) is 0 Å². The van der Waals surface area contributed by atoms with Crippen molar-refractivity contribution in [1.82, 2.24) is 24.9 Å². The molecule has 8 N–H and O–H groups in total. The largest absolute Gasteiger partial charge is 0.513 e. The topological polar surface area (TPSA) is 299 Å². The van der Waals surface area contributed by atoms with Gasteiger partial charge in [0.05, 0.1) is 39.4 Å². The van der Waals surface area contributed by atoms with Crippen LogP contribution in [0.3, 0.4) is 0 Å². The van der Waals surface area contributed by atoms with Gasteiger partial charge in [0.1, 0.15) is 18.1 Å². The van der Waals surface area contributed by atoms with Gasteiger partial charge in [-0.2, -0.15) is 0 Å². The van der Waals surface area contributed by atoms with Crippen molar-refractivity contribution in [3.05, 3.63) is 29.8 Å². The van der Waals surface area contributed by atoms with E-state index >= 15 is 0 Å². The first-order chi connectivity index (χ1) is 31.9. The number of ketones is 1. The molecule has 0 atom stereocenters. The standard InChI is InChI=1S/C16H29N5O7.C14H19NO6.C9H18O.C7H16O/c17-13(22)9-18-1-3-19(10-14(23)24)5-7-21(12-16(27)28)8-6-20(4-2-18)11-15(25)26;1-2-19-9-10-20-14(18)21-12-5-3-11(4-6-12)13(17)15-7-8-16;1-4-9(5-2)7-6-8(3)10;1-3-7(4-2)5-6-8/h1-12H2,(H2,17,22)(H,23,24)(H,25,26)(H,27,28);3-6,16H,2,7-10H2,1H3,(H,15,17);9H,4-7H2,1-3H3;7-8H,3-6H2,1-2H3. The molecule has 1 saturated heterocycles. The Balaban J connectivity index is 0. The fraction of sp³-hybridized carbons (Fsp3) is 0.717. The van der Waals surface area contributed by atoms with Crippen molar-refractivity contribution in [3.8, 4) is 5.75 Å². The molecule has 0 aliphatic carbocycles. The van der Waals surface area contributed by atoms with E-state index in [0.29, 0.717) is 83.5 Å². The molecule has 2 rings (SSSR count). The Bertz CT molecular complexity index is 1400. The zero-order valence-electron chi connectivity index (χ0n) is 40.8. The molecule has 67 heavy (non-hydrogen) atoms. The average Bonchev–Trinajstić information content (AvgIpc) is 3.27. The van der Waals surface area contributed by atoms with E-state index in [4.69, 9.17) is 45.5 Å². The van der Waals surface area contributed by atoms with Gasteiger partial charge in [-0.3, -0.25) is 43.6 Å². The Morgan fingerprint density at radius 3 is 1.37 bits per heavy atom. The van der Waals surface area contributed by atoms with Gasteiger partial charge in [-0.1, -0.05) is 53.4 Å². The molecule has 1 aliphatic rings. The maximum Gasteiger partial charge on any atom is 0.513 e. The summed E-state index contributed by atoms with van der Waals surface area (Å²) in [6, 6.07) is 5.99. The van der Waals surface area contributed by atoms with Gasteiger partial charge in [0.25, 0.3) is 5.91 Å². The molecule has 1 aliphatic heterocycles. The Morgan fingerprint density at radius 2 is 1.04 bits per heavy atom. The molecule has 1 fully saturated rings. The van der Waals surface area contributed by atoms with E-state index in [0.717, 1.165) is 31.1 Å². The van der Waals surface area contributed by atoms with Crippen LogP contribution in [0.25, 0.3) is 0 Å². The fourth-order valence-corrected chi connectivity index (χ4v) is 6.39. The number of aliphatic hydroxyl groups excluding tert-OH is 2. The number of ether oxygens (including phenoxy) is 3. The predicted octanol–water partition coefficient (Wildman–Crippen LogP) is 2.50. The molecule has 0 spiro atoms. The Morgan fingerprint density at radius 1 is 0.627 bits per heavy atom. The molecule has 0 bridgehead atoms. The number of nitrogens with zero attached hydrogens (tertiary/aromatic N) is 4. The first-order valence-electron chi connectivity index (χ1n) is 23.2. The van der Waals surface area contributed by atoms with Gasteiger partial charge in [0, 0.05) is 84.1 Å². The summed E-state index contributed by atoms with van der Waals surface area (Å²) in [5.74, 6) is -1.71. The van der Waals surface area contributed by atoms with E-state index in [1.807, 2.05) is 6.92 Å². The van der Waals surface area contributed by atoms with Crippen LogP contribution in [0.1, 0.15) is 96.8 Å². The lowest BCUT2D eigenvalue weighted by Gasteiger charge is -2.32. The van der Waals surface area contributed by atoms with Crippen molar-refractivity contribution < 1.29 is 73.3 Å². The summed E-state index contributed by atoms with van der Waals surface area (Å²) in [5, 5.41) is 46.9. The maximum absolute atomic E-state index is 11.6. The number of nitrogens with two attached hydrogens (primary N) is 1. The lowest BCUT2D eigenvalue weighted by Crippen LogP contribution is -2.49. The summed E-state index contributed by atoms with van der Waals surface area (Å²) in [6.07, 6.45) is 6.84. The molecule has 1 heterocycles. The van der Waals surface area contributed by atoms with Crippen LogP contribution in [-0.2, 0) is 33.4 Å². The molecule has 0 unspecified atom stereocenters. The Hall–Kier alpha value is -4.77. The number of hydrogen-bond acceptors (Lipinski definition) is 16. The lowest BCUT2D eigenvalue weighted by atomic mass is 9.97. The second kappa shape index (κ2) is 41.4. The van der Waals surface area contributed by atoms with Gasteiger partial charge in [-0.05, 0) is 62.8 Å². The summed E-state index contributed by atoms with van der Waals surface area (Å²) in [5.41, 5.74) is 5.68. The lowest BCUT2D eigenvalue weighted by molar-refractivity contribution is -0.140. The molecule has 0 aromatic heterocycles. The third kappa shape index (κ3) is 38.0. The van der Waals surface area contributed by atoms with Crippen molar-refractivity contribution >= 4 is 41.7 Å². The number of carbonyl (C=O) groups is 7. The van der Waals surface area contributed by atoms with Crippen LogP contribution >= 0.6 is 0 Å². The minimum absolute atomic E-state index is 0.00698. The van der Waals surface area contributed by atoms with Gasteiger partial charge < -0.3 is 55.6 Å². The smallest absolute Gasteiger partial charge is 0.480 e. The molecule has 1 aromatic carbocycles. The van der Waals surface area contributed by atoms with E-state index in [1.54, 1.807) is 26.5 Å². The van der Waals surface area contributed by atoms with Crippen LogP contribution in [0.5, 0.6) is 5.75 Å². The number of rotatable bonds is 25. The minimum Gasteiger partial charge on any atom is -0.480 e. The van der Waals surface area contributed by atoms with Crippen LogP contribution in [-0.4, -0.2) is 205 Å². The summed E-state index contributed by atoms with van der Waals surface area (Å²) >= 11 is 0. The van der Waals surface area contributed by atoms with Crippen molar-refractivity contribution in [2.45, 2.75) is 86.5 Å². The third-order valence-electron chi connectivity index (χ3n) is 10.5. The van der Waals surface area contributed by atoms with Gasteiger partial charge in [0.2, 0.25) is 5.91 Å². The molecule has 2 amide bonds. The van der Waals surface area contributed by atoms with Crippen LogP contribution in [0, 0.1) is 11.8 Å². The van der Waals surface area contributed by atoms with Crippen LogP contribution < -0.4 is 15.8 Å². The van der Waals surface area contributed by atoms with E-state index in [2.05, 4.69) is 33.0 Å². The molecule has 21 nitrogen and oxygen atoms in total. The number of aliphatic hydroxyl groups is 2. The van der Waals surface area contributed by atoms with E-state index in [1.165, 1.54) is 49.9 Å².